The van der Waals surface area contributed by atoms with Gasteiger partial charge in [0.15, 0.2) is 0 Å². The number of benzene rings is 2. The Kier molecular flexibility index (Phi) is 10.6. The van der Waals surface area contributed by atoms with Gasteiger partial charge in [0.1, 0.15) is 30.0 Å². The molecule has 1 saturated heterocycles. The topological polar surface area (TPSA) is 117 Å². The van der Waals surface area contributed by atoms with Crippen LogP contribution in [0.3, 0.4) is 0 Å². The molecule has 238 valence electrons. The number of nitrogens with zero attached hydrogens (tertiary/aromatic N) is 2. The number of carbonyl (C=O) groups is 4. The van der Waals surface area contributed by atoms with Gasteiger partial charge in [-0.05, 0) is 55.6 Å². The lowest BCUT2D eigenvalue weighted by Crippen LogP contribution is -2.52. The first-order valence-corrected chi connectivity index (χ1v) is 18.5. The van der Waals surface area contributed by atoms with Crippen LogP contribution in [0, 0.1) is 11.6 Å². The molecule has 1 fully saturated rings. The quantitative estimate of drug-likeness (QED) is 0.466. The minimum atomic E-state index is -1.40. The maximum Gasteiger partial charge on any atom is 0.407 e. The van der Waals surface area contributed by atoms with E-state index >= 15 is 0 Å². The second kappa shape index (κ2) is 14.2. The summed E-state index contributed by atoms with van der Waals surface area (Å²) in [7, 11) is 0.242. The summed E-state index contributed by atoms with van der Waals surface area (Å²) < 4.78 is 39.1. The fraction of sp³-hybridized carbons (Fsp3) is 0.484. The van der Waals surface area contributed by atoms with Gasteiger partial charge < -0.3 is 29.9 Å². The Hall–Kier alpha value is -4.00. The predicted octanol–water partition coefficient (Wildman–Crippen LogP) is 4.04. The molecule has 2 aliphatic heterocycles. The number of alkyl carbamates (subject to hydrolysis) is 1. The lowest BCUT2D eigenvalue weighted by Gasteiger charge is -2.30. The number of fused-ring (bicyclic) bond motifs is 3. The molecule has 3 atom stereocenters. The minimum Gasteiger partial charge on any atom is -0.491 e. The van der Waals surface area contributed by atoms with E-state index in [1.807, 2.05) is 0 Å². The summed E-state index contributed by atoms with van der Waals surface area (Å²) in [5.41, 5.74) is 0.183. The van der Waals surface area contributed by atoms with Crippen LogP contribution in [0.5, 0.6) is 5.75 Å². The highest BCUT2D eigenvalue weighted by Crippen LogP contribution is 2.24. The van der Waals surface area contributed by atoms with Crippen molar-refractivity contribution in [1.82, 2.24) is 20.4 Å². The van der Waals surface area contributed by atoms with Crippen LogP contribution in [0.2, 0.25) is 25.7 Å². The van der Waals surface area contributed by atoms with Gasteiger partial charge in [0.25, 0.3) is 11.8 Å². The predicted molar refractivity (Wildman–Crippen MR) is 162 cm³/mol. The molecule has 4 rings (SSSR count). The van der Waals surface area contributed by atoms with Crippen molar-refractivity contribution >= 4 is 31.9 Å². The van der Waals surface area contributed by atoms with E-state index in [9.17, 15) is 28.0 Å². The summed E-state index contributed by atoms with van der Waals surface area (Å²) in [4.78, 5) is 55.8. The highest BCUT2D eigenvalue weighted by Gasteiger charge is 2.40. The zero-order valence-electron chi connectivity index (χ0n) is 25.5. The van der Waals surface area contributed by atoms with Crippen LogP contribution in [-0.2, 0) is 9.53 Å². The Morgan fingerprint density at radius 1 is 1.07 bits per heavy atom. The molecule has 2 aliphatic rings. The summed E-state index contributed by atoms with van der Waals surface area (Å²) in [5, 5.41) is 5.50. The monoisotopic (exact) mass is 630 g/mol. The van der Waals surface area contributed by atoms with Gasteiger partial charge in [-0.15, -0.1) is 0 Å². The van der Waals surface area contributed by atoms with E-state index in [-0.39, 0.29) is 37.6 Å². The van der Waals surface area contributed by atoms with Crippen LogP contribution in [-0.4, -0.2) is 93.2 Å². The van der Waals surface area contributed by atoms with Crippen LogP contribution >= 0.6 is 0 Å². The van der Waals surface area contributed by atoms with Gasteiger partial charge in [-0.3, -0.25) is 14.4 Å². The Bertz CT molecular complexity index is 1370. The third-order valence-corrected chi connectivity index (χ3v) is 9.39. The van der Waals surface area contributed by atoms with Gasteiger partial charge in [-0.2, -0.15) is 0 Å². The lowest BCUT2D eigenvalue weighted by atomic mass is 10.1. The average Bonchev–Trinajstić information content (AvgIpc) is 3.35. The third-order valence-electron chi connectivity index (χ3n) is 7.69. The first-order valence-electron chi connectivity index (χ1n) is 14.8. The van der Waals surface area contributed by atoms with Crippen molar-refractivity contribution in [3.8, 4) is 5.75 Å². The van der Waals surface area contributed by atoms with Crippen molar-refractivity contribution in [3.05, 3.63) is 65.2 Å². The molecular weight excluding hydrogens is 590 g/mol. The molecule has 0 aromatic heterocycles. The molecule has 2 N–H and O–H groups in total. The van der Waals surface area contributed by atoms with E-state index in [0.717, 1.165) is 18.2 Å². The molecule has 0 unspecified atom stereocenters. The average molecular weight is 631 g/mol. The van der Waals surface area contributed by atoms with Gasteiger partial charge in [-0.25, -0.2) is 13.6 Å². The zero-order chi connectivity index (χ0) is 32.0. The second-order valence-electron chi connectivity index (χ2n) is 12.6. The fourth-order valence-electron chi connectivity index (χ4n) is 5.26. The molecule has 0 radical (unpaired) electrons. The standard InChI is InChI=1S/C31H40F2N4O6Si/c1-36-10-6-9-27(35-28(38)21-13-22(32)16-23(33)14-21)30(40)37-18-24(34-31(41)42-11-12-44(2,3)4)17-25(37)19-43-26-8-5-7-20(15-26)29(36)39/h5,7-8,13-16,24-25,27H,6,9-12,17-19H2,1-4H3,(H,34,41)(H,35,38)/t24-,25-,27-/m0/s1. The Morgan fingerprint density at radius 2 is 1.80 bits per heavy atom. The normalized spacial score (nSPS) is 21.2. The van der Waals surface area contributed by atoms with Gasteiger partial charge in [0, 0.05) is 45.4 Å². The molecule has 2 aromatic rings. The van der Waals surface area contributed by atoms with E-state index in [2.05, 4.69) is 30.3 Å². The molecule has 0 aliphatic carbocycles. The third kappa shape index (κ3) is 9.01. The number of hydrogen-bond acceptors (Lipinski definition) is 6. The highest BCUT2D eigenvalue weighted by atomic mass is 28.3. The lowest BCUT2D eigenvalue weighted by molar-refractivity contribution is -0.134. The Morgan fingerprint density at radius 3 is 2.50 bits per heavy atom. The number of amides is 4. The summed E-state index contributed by atoms with van der Waals surface area (Å²) in [6, 6.07) is 8.07. The molecule has 2 bridgehead atoms. The Labute approximate surface area is 257 Å². The number of nitrogens with one attached hydrogen (secondary N) is 2. The number of hydrogen-bond donors (Lipinski definition) is 2. The van der Waals surface area contributed by atoms with Crippen molar-refractivity contribution in [2.45, 2.75) is 63.1 Å². The number of carbonyl (C=O) groups excluding carboxylic acids is 4. The van der Waals surface area contributed by atoms with Crippen LogP contribution in [0.1, 0.15) is 40.0 Å². The minimum absolute atomic E-state index is 0.0673. The first-order chi connectivity index (χ1) is 20.8. The van der Waals surface area contributed by atoms with Crippen molar-refractivity contribution < 1.29 is 37.4 Å². The molecule has 0 spiro atoms. The van der Waals surface area contributed by atoms with Crippen molar-refractivity contribution in [3.63, 3.8) is 0 Å². The molecule has 44 heavy (non-hydrogen) atoms. The first kappa shape index (κ1) is 32.9. The van der Waals surface area contributed by atoms with E-state index < -0.39 is 55.7 Å². The molecule has 10 nitrogen and oxygen atoms in total. The van der Waals surface area contributed by atoms with Crippen molar-refractivity contribution in [2.24, 2.45) is 0 Å². The van der Waals surface area contributed by atoms with Gasteiger partial charge in [0.2, 0.25) is 5.91 Å². The van der Waals surface area contributed by atoms with E-state index in [0.29, 0.717) is 36.8 Å². The van der Waals surface area contributed by atoms with Gasteiger partial charge in [0.05, 0.1) is 18.7 Å². The maximum atomic E-state index is 14.0. The van der Waals surface area contributed by atoms with Crippen LogP contribution in [0.15, 0.2) is 42.5 Å². The smallest absolute Gasteiger partial charge is 0.407 e. The Balaban J connectivity index is 1.56. The van der Waals surface area contributed by atoms with Gasteiger partial charge in [-0.1, -0.05) is 25.7 Å². The van der Waals surface area contributed by atoms with Crippen molar-refractivity contribution in [2.75, 3.05) is 33.4 Å². The number of ether oxygens (including phenoxy) is 2. The molecule has 0 saturated carbocycles. The number of rotatable bonds is 6. The largest absolute Gasteiger partial charge is 0.491 e. The van der Waals surface area contributed by atoms with Crippen LogP contribution in [0.4, 0.5) is 13.6 Å². The SMILES string of the molecule is CN1CCC[C@H](NC(=O)c2cc(F)cc(F)c2)C(=O)N2C[C@@H](NC(=O)OCC[Si](C)(C)C)C[C@H]2COc2cccc(c2)C1=O. The maximum absolute atomic E-state index is 14.0. The number of halogens is 2. The highest BCUT2D eigenvalue weighted by molar-refractivity contribution is 6.76. The molecule has 2 aromatic carbocycles. The van der Waals surface area contributed by atoms with Crippen LogP contribution in [0.25, 0.3) is 0 Å². The summed E-state index contributed by atoms with van der Waals surface area (Å²) in [6.07, 6.45) is 0.309. The van der Waals surface area contributed by atoms with Gasteiger partial charge >= 0.3 is 6.09 Å². The van der Waals surface area contributed by atoms with E-state index in [1.165, 1.54) is 4.90 Å². The molecule has 13 heteroatoms. The molecular formula is C31H40F2N4O6Si. The summed E-state index contributed by atoms with van der Waals surface area (Å²) in [5.74, 6) is -2.85. The van der Waals surface area contributed by atoms with E-state index in [1.54, 1.807) is 36.2 Å². The van der Waals surface area contributed by atoms with Crippen molar-refractivity contribution in [1.29, 1.82) is 0 Å². The van der Waals surface area contributed by atoms with E-state index in [4.69, 9.17) is 9.47 Å². The fourth-order valence-corrected chi connectivity index (χ4v) is 5.97. The summed E-state index contributed by atoms with van der Waals surface area (Å²) in [6.45, 7) is 7.36. The zero-order valence-corrected chi connectivity index (χ0v) is 26.5. The van der Waals surface area contributed by atoms with Crippen LogP contribution < -0.4 is 15.4 Å². The molecule has 4 amide bonds. The second-order valence-corrected chi connectivity index (χ2v) is 18.2. The summed E-state index contributed by atoms with van der Waals surface area (Å²) >= 11 is 0. The molecule has 2 heterocycles.